The van der Waals surface area contributed by atoms with Crippen LogP contribution >= 0.6 is 15.9 Å². The van der Waals surface area contributed by atoms with E-state index in [0.717, 1.165) is 0 Å². The number of ketones is 1. The third-order valence-electron chi connectivity index (χ3n) is 1.74. The molecule has 0 saturated carbocycles. The van der Waals surface area contributed by atoms with Crippen molar-refractivity contribution >= 4 is 27.4 Å². The lowest BCUT2D eigenvalue weighted by atomic mass is 10.1. The van der Waals surface area contributed by atoms with Crippen LogP contribution in [-0.4, -0.2) is 12.4 Å². The average molecular weight is 269 g/mol. The summed E-state index contributed by atoms with van der Waals surface area (Å²) in [5.41, 5.74) is 6.39. The van der Waals surface area contributed by atoms with E-state index in [-0.39, 0.29) is 18.1 Å². The molecule has 0 radical (unpaired) electrons. The first-order valence-electron chi connectivity index (χ1n) is 4.16. The Morgan fingerprint density at radius 1 is 1.67 bits per heavy atom. The summed E-state index contributed by atoms with van der Waals surface area (Å²) in [5.74, 6) is 0.114. The van der Waals surface area contributed by atoms with Crippen LogP contribution in [0.3, 0.4) is 0 Å². The van der Waals surface area contributed by atoms with Gasteiger partial charge in [0.2, 0.25) is 0 Å². The molecular weight excluding hydrogens is 260 g/mol. The van der Waals surface area contributed by atoms with Crippen molar-refractivity contribution in [3.8, 4) is 11.8 Å². The lowest BCUT2D eigenvalue weighted by molar-refractivity contribution is 0.101. The molecule has 0 bridgehead atoms. The number of benzene rings is 1. The van der Waals surface area contributed by atoms with Gasteiger partial charge in [-0.05, 0) is 19.1 Å². The molecule has 0 unspecified atom stereocenters. The zero-order valence-electron chi connectivity index (χ0n) is 8.08. The van der Waals surface area contributed by atoms with Crippen molar-refractivity contribution in [3.05, 3.63) is 22.2 Å². The number of Topliss-reactive ketones (excluding diaryl/α,β-unsaturated/α-hetero) is 1. The van der Waals surface area contributed by atoms with Gasteiger partial charge < -0.3 is 10.5 Å². The van der Waals surface area contributed by atoms with Gasteiger partial charge in [0.15, 0.2) is 18.1 Å². The summed E-state index contributed by atoms with van der Waals surface area (Å²) in [6.45, 7) is 1.28. The normalized spacial score (nSPS) is 9.40. The lowest BCUT2D eigenvalue weighted by Gasteiger charge is -2.10. The molecule has 78 valence electrons. The van der Waals surface area contributed by atoms with Crippen LogP contribution in [-0.2, 0) is 0 Å². The number of hydrogen-bond donors (Lipinski definition) is 1. The number of carbonyl (C=O) groups is 1. The number of halogens is 1. The number of hydrogen-bond acceptors (Lipinski definition) is 4. The molecule has 0 heterocycles. The molecule has 0 amide bonds. The van der Waals surface area contributed by atoms with Gasteiger partial charge in [-0.25, -0.2) is 0 Å². The fourth-order valence-corrected chi connectivity index (χ4v) is 1.62. The Labute approximate surface area is 95.8 Å². The first kappa shape index (κ1) is 11.5. The van der Waals surface area contributed by atoms with Crippen LogP contribution in [0.4, 0.5) is 5.69 Å². The van der Waals surface area contributed by atoms with Crippen LogP contribution in [0, 0.1) is 11.3 Å². The number of nitrogens with zero attached hydrogens (tertiary/aromatic N) is 1. The van der Waals surface area contributed by atoms with Gasteiger partial charge in [0.05, 0.1) is 11.3 Å². The zero-order chi connectivity index (χ0) is 11.4. The fraction of sp³-hybridized carbons (Fsp3) is 0.200. The Balaban J connectivity index is 3.22. The van der Waals surface area contributed by atoms with Crippen molar-refractivity contribution in [2.24, 2.45) is 0 Å². The van der Waals surface area contributed by atoms with Crippen molar-refractivity contribution in [2.45, 2.75) is 6.92 Å². The summed E-state index contributed by atoms with van der Waals surface area (Å²) in [6, 6.07) is 5.06. The minimum absolute atomic E-state index is 0.133. The molecule has 0 atom stereocenters. The number of nitriles is 1. The van der Waals surface area contributed by atoms with Gasteiger partial charge in [0.1, 0.15) is 6.07 Å². The fourth-order valence-electron chi connectivity index (χ4n) is 1.14. The monoisotopic (exact) mass is 268 g/mol. The van der Waals surface area contributed by atoms with E-state index >= 15 is 0 Å². The minimum atomic E-state index is -0.157. The molecule has 0 spiro atoms. The molecule has 5 heteroatoms. The summed E-state index contributed by atoms with van der Waals surface area (Å²) in [7, 11) is 0. The molecule has 1 aromatic rings. The van der Waals surface area contributed by atoms with E-state index in [2.05, 4.69) is 15.9 Å². The molecule has 0 aromatic heterocycles. The smallest absolute Gasteiger partial charge is 0.174 e. The third-order valence-corrected chi connectivity index (χ3v) is 2.20. The Kier molecular flexibility index (Phi) is 3.69. The zero-order valence-corrected chi connectivity index (χ0v) is 9.67. The van der Waals surface area contributed by atoms with Crippen LogP contribution in [0.5, 0.6) is 5.75 Å². The third kappa shape index (κ3) is 2.70. The lowest BCUT2D eigenvalue weighted by Crippen LogP contribution is -2.04. The van der Waals surface area contributed by atoms with Crippen LogP contribution in [0.1, 0.15) is 17.3 Å². The number of ether oxygens (including phenoxy) is 1. The van der Waals surface area contributed by atoms with Gasteiger partial charge in [-0.15, -0.1) is 0 Å². The molecule has 0 fully saturated rings. The van der Waals surface area contributed by atoms with E-state index in [1.165, 1.54) is 6.92 Å². The van der Waals surface area contributed by atoms with Crippen molar-refractivity contribution in [1.29, 1.82) is 5.26 Å². The van der Waals surface area contributed by atoms with E-state index in [9.17, 15) is 4.79 Å². The highest BCUT2D eigenvalue weighted by Gasteiger charge is 2.13. The van der Waals surface area contributed by atoms with E-state index in [1.807, 2.05) is 6.07 Å². The molecule has 2 N–H and O–H groups in total. The second-order valence-corrected chi connectivity index (χ2v) is 3.79. The Morgan fingerprint density at radius 3 is 2.87 bits per heavy atom. The number of anilines is 1. The Bertz CT molecular complexity index is 438. The summed E-state index contributed by atoms with van der Waals surface area (Å²) in [5, 5.41) is 8.39. The molecule has 1 rings (SSSR count). The summed E-state index contributed by atoms with van der Waals surface area (Å²) in [4.78, 5) is 11.3. The molecule has 15 heavy (non-hydrogen) atoms. The van der Waals surface area contributed by atoms with E-state index in [0.29, 0.717) is 15.7 Å². The molecule has 0 aliphatic rings. The number of rotatable bonds is 3. The van der Waals surface area contributed by atoms with Gasteiger partial charge in [0, 0.05) is 4.47 Å². The maximum Gasteiger partial charge on any atom is 0.174 e. The van der Waals surface area contributed by atoms with Crippen molar-refractivity contribution < 1.29 is 9.53 Å². The first-order valence-corrected chi connectivity index (χ1v) is 4.95. The quantitative estimate of drug-likeness (QED) is 0.673. The van der Waals surface area contributed by atoms with Crippen LogP contribution in [0.15, 0.2) is 16.6 Å². The Morgan fingerprint density at radius 2 is 2.33 bits per heavy atom. The topological polar surface area (TPSA) is 76.1 Å². The average Bonchev–Trinajstić information content (AvgIpc) is 2.15. The highest BCUT2D eigenvalue weighted by Crippen LogP contribution is 2.30. The summed E-state index contributed by atoms with van der Waals surface area (Å²) in [6.07, 6.45) is 0. The van der Waals surface area contributed by atoms with Gasteiger partial charge in [0.25, 0.3) is 0 Å². The van der Waals surface area contributed by atoms with E-state index in [1.54, 1.807) is 12.1 Å². The SMILES string of the molecule is CC(=O)c1cc(Br)cc(N)c1OCC#N. The second-order valence-electron chi connectivity index (χ2n) is 2.87. The maximum atomic E-state index is 11.3. The maximum absolute atomic E-state index is 11.3. The van der Waals surface area contributed by atoms with Crippen LogP contribution in [0.2, 0.25) is 0 Å². The standard InChI is InChI=1S/C10H9BrN2O2/c1-6(14)8-4-7(11)5-9(13)10(8)15-3-2-12/h4-5H,3,13H2,1H3. The predicted octanol–water partition coefficient (Wildman–Crippen LogP) is 2.14. The molecule has 1 aromatic carbocycles. The summed E-state index contributed by atoms with van der Waals surface area (Å²) < 4.78 is 5.81. The molecular formula is C10H9BrN2O2. The van der Waals surface area contributed by atoms with Crippen molar-refractivity contribution in [1.82, 2.24) is 0 Å². The van der Waals surface area contributed by atoms with E-state index < -0.39 is 0 Å². The molecule has 0 aliphatic carbocycles. The van der Waals surface area contributed by atoms with E-state index in [4.69, 9.17) is 15.7 Å². The van der Waals surface area contributed by atoms with Crippen LogP contribution < -0.4 is 10.5 Å². The van der Waals surface area contributed by atoms with Gasteiger partial charge >= 0.3 is 0 Å². The summed E-state index contributed by atoms with van der Waals surface area (Å²) >= 11 is 3.23. The van der Waals surface area contributed by atoms with Crippen LogP contribution in [0.25, 0.3) is 0 Å². The van der Waals surface area contributed by atoms with Gasteiger partial charge in [-0.3, -0.25) is 4.79 Å². The molecule has 4 nitrogen and oxygen atoms in total. The Hall–Kier alpha value is -1.54. The molecule has 0 saturated heterocycles. The first-order chi connectivity index (χ1) is 7.06. The van der Waals surface area contributed by atoms with Crippen molar-refractivity contribution in [2.75, 3.05) is 12.3 Å². The highest BCUT2D eigenvalue weighted by molar-refractivity contribution is 9.10. The number of nitrogens with two attached hydrogens (primary N) is 1. The number of carbonyl (C=O) groups excluding carboxylic acids is 1. The van der Waals surface area contributed by atoms with Gasteiger partial charge in [-0.1, -0.05) is 15.9 Å². The minimum Gasteiger partial charge on any atom is -0.476 e. The van der Waals surface area contributed by atoms with Crippen molar-refractivity contribution in [3.63, 3.8) is 0 Å². The largest absolute Gasteiger partial charge is 0.476 e. The van der Waals surface area contributed by atoms with Gasteiger partial charge in [-0.2, -0.15) is 5.26 Å². The second kappa shape index (κ2) is 4.80. The number of nitrogen functional groups attached to an aromatic ring is 1. The predicted molar refractivity (Wildman–Crippen MR) is 59.7 cm³/mol. The highest BCUT2D eigenvalue weighted by atomic mass is 79.9. The molecule has 0 aliphatic heterocycles.